The molecule has 0 radical (unpaired) electrons. The predicted molar refractivity (Wildman–Crippen MR) is 59.4 cm³/mol. The van der Waals surface area contributed by atoms with Crippen LogP contribution in [0.25, 0.3) is 0 Å². The summed E-state index contributed by atoms with van der Waals surface area (Å²) in [4.78, 5) is 26.2. The van der Waals surface area contributed by atoms with Gasteiger partial charge in [-0.3, -0.25) is 9.59 Å². The van der Waals surface area contributed by atoms with Gasteiger partial charge in [0.1, 0.15) is 6.26 Å². The van der Waals surface area contributed by atoms with Gasteiger partial charge in [0.2, 0.25) is 5.91 Å². The van der Waals surface area contributed by atoms with Gasteiger partial charge in [-0.1, -0.05) is 0 Å². The van der Waals surface area contributed by atoms with Crippen LogP contribution in [0.15, 0.2) is 10.7 Å². The molecule has 0 fully saturated rings. The average Bonchev–Trinajstić information content (AvgIpc) is 2.46. The molecule has 1 aromatic rings. The molecule has 1 amide bonds. The lowest BCUT2D eigenvalue weighted by Gasteiger charge is -2.23. The lowest BCUT2D eigenvalue weighted by atomic mass is 10.0. The van der Waals surface area contributed by atoms with Crippen LogP contribution in [0, 0.1) is 6.92 Å². The van der Waals surface area contributed by atoms with Gasteiger partial charge >= 0.3 is 5.97 Å². The number of carbonyl (C=O) groups excluding carboxylic acids is 1. The van der Waals surface area contributed by atoms with Crippen molar-refractivity contribution in [3.8, 4) is 0 Å². The number of rotatable bonds is 5. The van der Waals surface area contributed by atoms with Crippen LogP contribution >= 0.6 is 0 Å². The minimum absolute atomic E-state index is 0.0837. The maximum atomic E-state index is 11.6. The van der Waals surface area contributed by atoms with E-state index in [-0.39, 0.29) is 18.7 Å². The van der Waals surface area contributed by atoms with Crippen LogP contribution in [-0.4, -0.2) is 27.5 Å². The number of carboxylic acids is 1. The number of oxazole rings is 1. The first-order valence-electron chi connectivity index (χ1n) is 5.22. The summed E-state index contributed by atoms with van der Waals surface area (Å²) in [5.74, 6) is -0.727. The number of hydrogen-bond donors (Lipinski definition) is 2. The van der Waals surface area contributed by atoms with Crippen LogP contribution in [0.2, 0.25) is 0 Å². The second kappa shape index (κ2) is 4.99. The quantitative estimate of drug-likeness (QED) is 0.797. The molecule has 0 aromatic carbocycles. The Hall–Kier alpha value is -1.85. The number of carbonyl (C=O) groups is 2. The Bertz CT molecular complexity index is 423. The third-order valence-electron chi connectivity index (χ3n) is 2.08. The first-order valence-corrected chi connectivity index (χ1v) is 5.22. The average molecular weight is 240 g/mol. The van der Waals surface area contributed by atoms with Crippen molar-refractivity contribution in [2.24, 2.45) is 0 Å². The molecule has 6 heteroatoms. The maximum absolute atomic E-state index is 11.6. The molecule has 0 bridgehead atoms. The summed E-state index contributed by atoms with van der Waals surface area (Å²) in [7, 11) is 0. The third kappa shape index (κ3) is 4.67. The summed E-state index contributed by atoms with van der Waals surface area (Å²) in [6.45, 7) is 5.01. The van der Waals surface area contributed by atoms with Crippen molar-refractivity contribution >= 4 is 11.9 Å². The van der Waals surface area contributed by atoms with Crippen LogP contribution in [0.1, 0.15) is 31.9 Å². The molecule has 0 saturated heterocycles. The number of aromatic nitrogens is 1. The first kappa shape index (κ1) is 13.2. The SMILES string of the molecule is Cc1nc(CC(=O)NC(C)(C)CC(=O)O)co1. The Morgan fingerprint density at radius 3 is 2.65 bits per heavy atom. The molecule has 94 valence electrons. The van der Waals surface area contributed by atoms with Crippen LogP contribution in [0.3, 0.4) is 0 Å². The second-order valence-corrected chi connectivity index (χ2v) is 4.54. The van der Waals surface area contributed by atoms with Crippen LogP contribution in [-0.2, 0) is 16.0 Å². The van der Waals surface area contributed by atoms with Crippen molar-refractivity contribution in [2.45, 2.75) is 39.2 Å². The van der Waals surface area contributed by atoms with Crippen molar-refractivity contribution in [3.63, 3.8) is 0 Å². The van der Waals surface area contributed by atoms with Gasteiger partial charge in [0.25, 0.3) is 0 Å². The Kier molecular flexibility index (Phi) is 3.88. The van der Waals surface area contributed by atoms with Crippen LogP contribution in [0.4, 0.5) is 0 Å². The highest BCUT2D eigenvalue weighted by Crippen LogP contribution is 2.09. The minimum atomic E-state index is -0.951. The molecule has 0 aliphatic carbocycles. The Morgan fingerprint density at radius 2 is 2.18 bits per heavy atom. The summed E-state index contributed by atoms with van der Waals surface area (Å²) in [6.07, 6.45) is 1.37. The van der Waals surface area contributed by atoms with E-state index in [1.807, 2.05) is 0 Å². The van der Waals surface area contributed by atoms with E-state index in [2.05, 4.69) is 10.3 Å². The number of aryl methyl sites for hydroxylation is 1. The summed E-state index contributed by atoms with van der Waals surface area (Å²) >= 11 is 0. The van der Waals surface area contributed by atoms with Crippen LogP contribution < -0.4 is 5.32 Å². The van der Waals surface area contributed by atoms with E-state index in [0.717, 1.165) is 0 Å². The van der Waals surface area contributed by atoms with E-state index in [1.54, 1.807) is 20.8 Å². The molecule has 0 unspecified atom stereocenters. The van der Waals surface area contributed by atoms with E-state index in [0.29, 0.717) is 11.6 Å². The number of carboxylic acid groups (broad SMARTS) is 1. The molecule has 0 aliphatic heterocycles. The monoisotopic (exact) mass is 240 g/mol. The zero-order chi connectivity index (χ0) is 13.1. The molecule has 1 aromatic heterocycles. The highest BCUT2D eigenvalue weighted by molar-refractivity contribution is 5.79. The van der Waals surface area contributed by atoms with E-state index < -0.39 is 11.5 Å². The number of hydrogen-bond acceptors (Lipinski definition) is 4. The molecule has 1 rings (SSSR count). The molecule has 0 spiro atoms. The standard InChI is InChI=1S/C11H16N2O4/c1-7-12-8(6-17-7)4-9(14)13-11(2,3)5-10(15)16/h6H,4-5H2,1-3H3,(H,13,14)(H,15,16). The van der Waals surface area contributed by atoms with Crippen molar-refractivity contribution < 1.29 is 19.1 Å². The van der Waals surface area contributed by atoms with Gasteiger partial charge in [-0.2, -0.15) is 0 Å². The summed E-state index contributed by atoms with van der Waals surface area (Å²) in [6, 6.07) is 0. The zero-order valence-corrected chi connectivity index (χ0v) is 10.1. The lowest BCUT2D eigenvalue weighted by Crippen LogP contribution is -2.45. The van der Waals surface area contributed by atoms with Gasteiger partial charge in [-0.15, -0.1) is 0 Å². The van der Waals surface area contributed by atoms with Gasteiger partial charge in [-0.05, 0) is 13.8 Å². The molecule has 1 heterocycles. The summed E-state index contributed by atoms with van der Waals surface area (Å²) in [5.41, 5.74) is -0.243. The Labute approximate surface area is 99.0 Å². The van der Waals surface area contributed by atoms with E-state index in [9.17, 15) is 9.59 Å². The molecule has 0 atom stereocenters. The van der Waals surface area contributed by atoms with E-state index in [4.69, 9.17) is 9.52 Å². The zero-order valence-electron chi connectivity index (χ0n) is 10.1. The van der Waals surface area contributed by atoms with Crippen molar-refractivity contribution in [2.75, 3.05) is 0 Å². The summed E-state index contributed by atoms with van der Waals surface area (Å²) < 4.78 is 4.97. The van der Waals surface area contributed by atoms with E-state index in [1.165, 1.54) is 6.26 Å². The van der Waals surface area contributed by atoms with Gasteiger partial charge in [-0.25, -0.2) is 4.98 Å². The van der Waals surface area contributed by atoms with Gasteiger partial charge in [0, 0.05) is 12.5 Å². The van der Waals surface area contributed by atoms with Gasteiger partial charge in [0.15, 0.2) is 5.89 Å². The molecule has 0 aliphatic rings. The predicted octanol–water partition coefficient (Wildman–Crippen LogP) is 0.895. The van der Waals surface area contributed by atoms with Crippen molar-refractivity contribution in [1.82, 2.24) is 10.3 Å². The van der Waals surface area contributed by atoms with Crippen molar-refractivity contribution in [3.05, 3.63) is 17.8 Å². The smallest absolute Gasteiger partial charge is 0.305 e. The lowest BCUT2D eigenvalue weighted by molar-refractivity contribution is -0.138. The molecule has 0 saturated carbocycles. The summed E-state index contributed by atoms with van der Waals surface area (Å²) in [5, 5.41) is 11.3. The first-order chi connectivity index (χ1) is 7.78. The molecular formula is C11H16N2O4. The van der Waals surface area contributed by atoms with Gasteiger partial charge in [0.05, 0.1) is 18.5 Å². The van der Waals surface area contributed by atoms with E-state index >= 15 is 0 Å². The number of amides is 1. The maximum Gasteiger partial charge on any atom is 0.305 e. The molecule has 17 heavy (non-hydrogen) atoms. The normalized spacial score (nSPS) is 11.2. The van der Waals surface area contributed by atoms with Crippen LogP contribution in [0.5, 0.6) is 0 Å². The van der Waals surface area contributed by atoms with Crippen molar-refractivity contribution in [1.29, 1.82) is 0 Å². The fraction of sp³-hybridized carbons (Fsp3) is 0.545. The topological polar surface area (TPSA) is 92.4 Å². The highest BCUT2D eigenvalue weighted by atomic mass is 16.4. The molecular weight excluding hydrogens is 224 g/mol. The number of nitrogens with zero attached hydrogens (tertiary/aromatic N) is 1. The molecule has 6 nitrogen and oxygen atoms in total. The third-order valence-corrected chi connectivity index (χ3v) is 2.08. The second-order valence-electron chi connectivity index (χ2n) is 4.54. The minimum Gasteiger partial charge on any atom is -0.481 e. The largest absolute Gasteiger partial charge is 0.481 e. The fourth-order valence-electron chi connectivity index (χ4n) is 1.50. The van der Waals surface area contributed by atoms with Gasteiger partial charge < -0.3 is 14.8 Å². The number of nitrogens with one attached hydrogen (secondary N) is 1. The molecule has 2 N–H and O–H groups in total. The Morgan fingerprint density at radius 1 is 1.53 bits per heavy atom. The Balaban J connectivity index is 2.52. The number of aliphatic carboxylic acids is 1. The highest BCUT2D eigenvalue weighted by Gasteiger charge is 2.24. The fourth-order valence-corrected chi connectivity index (χ4v) is 1.50.